The number of amides is 2. The lowest BCUT2D eigenvalue weighted by molar-refractivity contribution is 0.00857. The van der Waals surface area contributed by atoms with Crippen molar-refractivity contribution in [2.75, 3.05) is 0 Å². The van der Waals surface area contributed by atoms with Crippen molar-refractivity contribution in [3.63, 3.8) is 0 Å². The van der Waals surface area contributed by atoms with Gasteiger partial charge in [0.05, 0.1) is 18.3 Å². The molecule has 0 aliphatic heterocycles. The third-order valence-electron chi connectivity index (χ3n) is 5.73. The highest BCUT2D eigenvalue weighted by molar-refractivity contribution is 5.74. The number of aromatic nitrogens is 4. The van der Waals surface area contributed by atoms with Crippen molar-refractivity contribution in [3.05, 3.63) is 30.7 Å². The maximum atomic E-state index is 12.2. The summed E-state index contributed by atoms with van der Waals surface area (Å²) < 4.78 is 1.66. The van der Waals surface area contributed by atoms with Crippen molar-refractivity contribution < 1.29 is 15.0 Å². The van der Waals surface area contributed by atoms with Crippen molar-refractivity contribution in [1.29, 1.82) is 0 Å². The van der Waals surface area contributed by atoms with Crippen LogP contribution in [-0.4, -0.2) is 60.5 Å². The normalized spacial score (nSPS) is 27.8. The van der Waals surface area contributed by atoms with Crippen LogP contribution in [0.5, 0.6) is 0 Å². The SMILES string of the molecule is O=C(NC1CCCC1)N[C@@H]1C[C@H](Cn2cc(-c3cccnc3)nn2)[C@@H](O)[C@H]1O. The Kier molecular flexibility index (Phi) is 5.54. The van der Waals surface area contributed by atoms with Gasteiger partial charge in [0.25, 0.3) is 0 Å². The molecular formula is C19H26N6O3. The zero-order chi connectivity index (χ0) is 19.5. The molecule has 4 N–H and O–H groups in total. The molecule has 2 aliphatic carbocycles. The highest BCUT2D eigenvalue weighted by Crippen LogP contribution is 2.28. The number of pyridine rings is 1. The van der Waals surface area contributed by atoms with Gasteiger partial charge in [-0.05, 0) is 31.4 Å². The Labute approximate surface area is 163 Å². The van der Waals surface area contributed by atoms with E-state index in [1.54, 1.807) is 23.3 Å². The third-order valence-corrected chi connectivity index (χ3v) is 5.73. The zero-order valence-corrected chi connectivity index (χ0v) is 15.6. The first kappa shape index (κ1) is 18.8. The lowest BCUT2D eigenvalue weighted by Gasteiger charge is -2.20. The summed E-state index contributed by atoms with van der Waals surface area (Å²) in [5.74, 6) is -0.227. The monoisotopic (exact) mass is 386 g/mol. The molecular weight excluding hydrogens is 360 g/mol. The van der Waals surface area contributed by atoms with Crippen LogP contribution in [0.1, 0.15) is 32.1 Å². The van der Waals surface area contributed by atoms with Crippen molar-refractivity contribution in [3.8, 4) is 11.3 Å². The van der Waals surface area contributed by atoms with Gasteiger partial charge in [-0.1, -0.05) is 18.1 Å². The van der Waals surface area contributed by atoms with Crippen molar-refractivity contribution >= 4 is 6.03 Å². The molecule has 2 heterocycles. The van der Waals surface area contributed by atoms with Crippen LogP contribution in [0.2, 0.25) is 0 Å². The molecule has 2 fully saturated rings. The van der Waals surface area contributed by atoms with Gasteiger partial charge in [-0.3, -0.25) is 9.67 Å². The summed E-state index contributed by atoms with van der Waals surface area (Å²) in [4.78, 5) is 16.3. The Balaban J connectivity index is 1.34. The lowest BCUT2D eigenvalue weighted by atomic mass is 10.1. The number of rotatable bonds is 5. The fourth-order valence-electron chi connectivity index (χ4n) is 4.19. The predicted molar refractivity (Wildman–Crippen MR) is 101 cm³/mol. The average Bonchev–Trinajstić information content (AvgIpc) is 3.42. The minimum atomic E-state index is -0.999. The molecule has 2 aromatic heterocycles. The number of aliphatic hydroxyl groups excluding tert-OH is 2. The molecule has 4 atom stereocenters. The first-order chi connectivity index (χ1) is 13.6. The molecule has 9 heteroatoms. The molecule has 28 heavy (non-hydrogen) atoms. The van der Waals surface area contributed by atoms with E-state index in [0.29, 0.717) is 18.7 Å². The largest absolute Gasteiger partial charge is 0.390 e. The van der Waals surface area contributed by atoms with Crippen molar-refractivity contribution in [2.24, 2.45) is 5.92 Å². The van der Waals surface area contributed by atoms with Crippen molar-refractivity contribution in [2.45, 2.75) is 62.9 Å². The number of aliphatic hydroxyl groups is 2. The lowest BCUT2D eigenvalue weighted by Crippen LogP contribution is -2.49. The smallest absolute Gasteiger partial charge is 0.315 e. The molecule has 0 saturated heterocycles. The molecule has 9 nitrogen and oxygen atoms in total. The summed E-state index contributed by atoms with van der Waals surface area (Å²) >= 11 is 0. The maximum absolute atomic E-state index is 12.2. The zero-order valence-electron chi connectivity index (χ0n) is 15.6. The second kappa shape index (κ2) is 8.24. The second-order valence-electron chi connectivity index (χ2n) is 7.75. The van der Waals surface area contributed by atoms with E-state index in [4.69, 9.17) is 0 Å². The van der Waals surface area contributed by atoms with Gasteiger partial charge in [-0.25, -0.2) is 4.79 Å². The van der Waals surface area contributed by atoms with E-state index in [-0.39, 0.29) is 18.0 Å². The second-order valence-corrected chi connectivity index (χ2v) is 7.75. The molecule has 0 unspecified atom stereocenters. The van der Waals surface area contributed by atoms with Gasteiger partial charge in [0.1, 0.15) is 11.8 Å². The molecule has 4 rings (SSSR count). The molecule has 0 bridgehead atoms. The van der Waals surface area contributed by atoms with Gasteiger partial charge in [0, 0.05) is 36.5 Å². The van der Waals surface area contributed by atoms with E-state index in [9.17, 15) is 15.0 Å². The minimum absolute atomic E-state index is 0.209. The number of carbonyl (C=O) groups is 1. The molecule has 2 saturated carbocycles. The third kappa shape index (κ3) is 4.15. The summed E-state index contributed by atoms with van der Waals surface area (Å²) in [5.41, 5.74) is 1.57. The van der Waals surface area contributed by atoms with Gasteiger partial charge in [-0.15, -0.1) is 5.10 Å². The minimum Gasteiger partial charge on any atom is -0.390 e. The number of hydrogen-bond acceptors (Lipinski definition) is 6. The highest BCUT2D eigenvalue weighted by atomic mass is 16.3. The Morgan fingerprint density at radius 2 is 2.04 bits per heavy atom. The van der Waals surface area contributed by atoms with Crippen LogP contribution < -0.4 is 10.6 Å². The maximum Gasteiger partial charge on any atom is 0.315 e. The summed E-state index contributed by atoms with van der Waals surface area (Å²) in [6.45, 7) is 0.411. The van der Waals surface area contributed by atoms with Gasteiger partial charge < -0.3 is 20.8 Å². The number of urea groups is 1. The fourth-order valence-corrected chi connectivity index (χ4v) is 4.19. The van der Waals surface area contributed by atoms with E-state index < -0.39 is 18.2 Å². The van der Waals surface area contributed by atoms with Crippen LogP contribution in [0.3, 0.4) is 0 Å². The molecule has 0 spiro atoms. The van der Waals surface area contributed by atoms with Crippen LogP contribution in [-0.2, 0) is 6.54 Å². The van der Waals surface area contributed by atoms with Gasteiger partial charge in [-0.2, -0.15) is 0 Å². The molecule has 2 amide bonds. The summed E-state index contributed by atoms with van der Waals surface area (Å²) in [6.07, 6.45) is 8.02. The Morgan fingerprint density at radius 1 is 1.21 bits per heavy atom. The number of carbonyl (C=O) groups excluding carboxylic acids is 1. The standard InChI is InChI=1S/C19H26N6O3/c26-17-13(10-25-11-16(23-24-25)12-4-3-7-20-9-12)8-15(18(17)27)22-19(28)21-14-5-1-2-6-14/h3-4,7,9,11,13-15,17-18,26-27H,1-2,5-6,8,10H2,(H2,21,22,28)/t13-,15-,17-,18+/m1/s1. The Morgan fingerprint density at radius 3 is 2.79 bits per heavy atom. The van der Waals surface area contributed by atoms with E-state index in [0.717, 1.165) is 31.2 Å². The molecule has 2 aliphatic rings. The topological polar surface area (TPSA) is 125 Å². The average molecular weight is 386 g/mol. The number of hydrogen-bond donors (Lipinski definition) is 4. The number of nitrogens with zero attached hydrogens (tertiary/aromatic N) is 4. The Bertz CT molecular complexity index is 792. The van der Waals surface area contributed by atoms with E-state index in [1.807, 2.05) is 12.1 Å². The van der Waals surface area contributed by atoms with Crippen molar-refractivity contribution in [1.82, 2.24) is 30.6 Å². The molecule has 0 aromatic carbocycles. The summed E-state index contributed by atoms with van der Waals surface area (Å²) in [6, 6.07) is 3.18. The number of nitrogens with one attached hydrogen (secondary N) is 2. The Hall–Kier alpha value is -2.52. The van der Waals surface area contributed by atoms with Crippen LogP contribution in [0, 0.1) is 5.92 Å². The first-order valence-corrected chi connectivity index (χ1v) is 9.84. The van der Waals surface area contributed by atoms with Gasteiger partial charge in [0.2, 0.25) is 0 Å². The highest BCUT2D eigenvalue weighted by Gasteiger charge is 2.42. The summed E-state index contributed by atoms with van der Waals surface area (Å²) in [5, 5.41) is 34.8. The fraction of sp³-hybridized carbons (Fsp3) is 0.579. The molecule has 0 radical (unpaired) electrons. The van der Waals surface area contributed by atoms with E-state index in [2.05, 4.69) is 25.9 Å². The van der Waals surface area contributed by atoms with Crippen LogP contribution in [0.25, 0.3) is 11.3 Å². The predicted octanol–water partition coefficient (Wildman–Crippen LogP) is 0.692. The summed E-state index contributed by atoms with van der Waals surface area (Å²) in [7, 11) is 0. The molecule has 2 aromatic rings. The first-order valence-electron chi connectivity index (χ1n) is 9.84. The van der Waals surface area contributed by atoms with Gasteiger partial charge in [0.15, 0.2) is 0 Å². The van der Waals surface area contributed by atoms with Crippen LogP contribution in [0.15, 0.2) is 30.7 Å². The van der Waals surface area contributed by atoms with Gasteiger partial charge >= 0.3 is 6.03 Å². The van der Waals surface area contributed by atoms with Crippen LogP contribution in [0.4, 0.5) is 4.79 Å². The van der Waals surface area contributed by atoms with Crippen LogP contribution >= 0.6 is 0 Å². The van der Waals surface area contributed by atoms with E-state index >= 15 is 0 Å². The quantitative estimate of drug-likeness (QED) is 0.599. The molecule has 150 valence electrons. The van der Waals surface area contributed by atoms with E-state index in [1.165, 1.54) is 0 Å².